The summed E-state index contributed by atoms with van der Waals surface area (Å²) in [6.07, 6.45) is 1.35. The summed E-state index contributed by atoms with van der Waals surface area (Å²) in [5, 5.41) is 21.2. The van der Waals surface area contributed by atoms with Crippen LogP contribution in [0.1, 0.15) is 5.56 Å². The zero-order valence-electron chi connectivity index (χ0n) is 8.58. The molecular formula is C13H11NO2. The molecule has 0 aliphatic rings. The van der Waals surface area contributed by atoms with Crippen LogP contribution in [0.25, 0.3) is 0 Å². The van der Waals surface area contributed by atoms with Gasteiger partial charge in [0.1, 0.15) is 5.75 Å². The van der Waals surface area contributed by atoms with Gasteiger partial charge in [-0.2, -0.15) is 4.74 Å². The van der Waals surface area contributed by atoms with Crippen LogP contribution >= 0.6 is 0 Å². The van der Waals surface area contributed by atoms with Crippen molar-refractivity contribution in [3.05, 3.63) is 65.4 Å². The van der Waals surface area contributed by atoms with Crippen molar-refractivity contribution in [2.24, 2.45) is 0 Å². The molecule has 0 aliphatic carbocycles. The zero-order chi connectivity index (χ0) is 11.4. The van der Waals surface area contributed by atoms with Crippen LogP contribution in [-0.4, -0.2) is 16.1 Å². The van der Waals surface area contributed by atoms with Crippen LogP contribution in [-0.2, 0) is 0 Å². The maximum Gasteiger partial charge on any atom is 0.216 e. The lowest BCUT2D eigenvalue weighted by Gasteiger charge is -2.03. The van der Waals surface area contributed by atoms with Gasteiger partial charge in [-0.25, -0.2) is 0 Å². The molecule has 0 unspecified atom stereocenters. The highest BCUT2D eigenvalue weighted by Crippen LogP contribution is 2.15. The van der Waals surface area contributed by atoms with E-state index in [4.69, 9.17) is 0 Å². The van der Waals surface area contributed by atoms with Gasteiger partial charge < -0.3 is 10.3 Å². The molecule has 2 aromatic carbocycles. The van der Waals surface area contributed by atoms with Crippen molar-refractivity contribution in [2.45, 2.75) is 0 Å². The summed E-state index contributed by atoms with van der Waals surface area (Å²) in [6, 6.07) is 15.6. The van der Waals surface area contributed by atoms with Crippen LogP contribution < -0.4 is 0 Å². The lowest BCUT2D eigenvalue weighted by atomic mass is 10.2. The van der Waals surface area contributed by atoms with Gasteiger partial charge >= 0.3 is 0 Å². The highest BCUT2D eigenvalue weighted by molar-refractivity contribution is 5.80. The van der Waals surface area contributed by atoms with Crippen molar-refractivity contribution in [1.29, 1.82) is 0 Å². The largest absolute Gasteiger partial charge is 0.618 e. The number of benzene rings is 2. The van der Waals surface area contributed by atoms with Gasteiger partial charge in [0.2, 0.25) is 5.69 Å². The maximum atomic E-state index is 11.7. The van der Waals surface area contributed by atoms with Crippen molar-refractivity contribution < 1.29 is 9.85 Å². The van der Waals surface area contributed by atoms with Crippen LogP contribution in [0.5, 0.6) is 5.75 Å². The molecule has 0 bridgehead atoms. The highest BCUT2D eigenvalue weighted by atomic mass is 16.5. The number of nitrogens with zero attached hydrogens (tertiary/aromatic N) is 1. The second-order valence-electron chi connectivity index (χ2n) is 3.35. The van der Waals surface area contributed by atoms with Gasteiger partial charge in [0, 0.05) is 12.1 Å². The van der Waals surface area contributed by atoms with E-state index in [-0.39, 0.29) is 5.75 Å². The third-order valence-electron chi connectivity index (χ3n) is 2.20. The molecule has 0 spiro atoms. The molecule has 80 valence electrons. The predicted octanol–water partition coefficient (Wildman–Crippen LogP) is 2.65. The normalized spacial score (nSPS) is 11.4. The van der Waals surface area contributed by atoms with Crippen molar-refractivity contribution in [1.82, 2.24) is 0 Å². The Bertz CT molecular complexity index is 506. The number of phenolic OH excluding ortho intramolecular Hbond substituents is 1. The van der Waals surface area contributed by atoms with Crippen LogP contribution in [0.3, 0.4) is 0 Å². The maximum absolute atomic E-state index is 11.7. The lowest BCUT2D eigenvalue weighted by molar-refractivity contribution is -0.354. The molecule has 0 heterocycles. The first-order valence-corrected chi connectivity index (χ1v) is 4.91. The van der Waals surface area contributed by atoms with Gasteiger partial charge in [-0.15, -0.1) is 0 Å². The molecule has 2 aromatic rings. The Morgan fingerprint density at radius 1 is 0.938 bits per heavy atom. The molecule has 0 saturated heterocycles. The zero-order valence-corrected chi connectivity index (χ0v) is 8.58. The van der Waals surface area contributed by atoms with Gasteiger partial charge in [-0.3, -0.25) is 0 Å². The SMILES string of the molecule is [O-]/[N+](=C/c1ccccc1O)c1ccccc1. The Labute approximate surface area is 93.5 Å². The molecule has 3 heteroatoms. The number of rotatable bonds is 2. The monoisotopic (exact) mass is 213 g/mol. The number of hydrogen-bond donors (Lipinski definition) is 1. The minimum absolute atomic E-state index is 0.0966. The minimum atomic E-state index is 0.0966. The summed E-state index contributed by atoms with van der Waals surface area (Å²) in [7, 11) is 0. The Hall–Kier alpha value is -2.29. The van der Waals surface area contributed by atoms with E-state index in [0.717, 1.165) is 4.74 Å². The average Bonchev–Trinajstić information content (AvgIpc) is 2.33. The first-order valence-electron chi connectivity index (χ1n) is 4.91. The molecule has 16 heavy (non-hydrogen) atoms. The molecule has 1 N–H and O–H groups in total. The Morgan fingerprint density at radius 2 is 1.56 bits per heavy atom. The molecule has 0 aliphatic heterocycles. The smallest absolute Gasteiger partial charge is 0.216 e. The topological polar surface area (TPSA) is 46.3 Å². The summed E-state index contributed by atoms with van der Waals surface area (Å²) in [5.41, 5.74) is 1.03. The van der Waals surface area contributed by atoms with Crippen molar-refractivity contribution in [2.75, 3.05) is 0 Å². The average molecular weight is 213 g/mol. The van der Waals surface area contributed by atoms with E-state index in [0.29, 0.717) is 11.3 Å². The summed E-state index contributed by atoms with van der Waals surface area (Å²) < 4.78 is 0.731. The second-order valence-corrected chi connectivity index (χ2v) is 3.35. The molecule has 0 aromatic heterocycles. The Morgan fingerprint density at radius 3 is 2.25 bits per heavy atom. The van der Waals surface area contributed by atoms with Gasteiger partial charge in [-0.1, -0.05) is 30.3 Å². The van der Waals surface area contributed by atoms with Crippen LogP contribution in [0.15, 0.2) is 54.6 Å². The fourth-order valence-electron chi connectivity index (χ4n) is 1.37. The standard InChI is InChI=1S/C13H11NO2/c15-13-9-5-4-6-11(13)10-14(16)12-7-2-1-3-8-12/h1-10,15H/b14-10+. The summed E-state index contributed by atoms with van der Waals surface area (Å²) >= 11 is 0. The lowest BCUT2D eigenvalue weighted by Crippen LogP contribution is -1.98. The van der Waals surface area contributed by atoms with Crippen LogP contribution in [0.4, 0.5) is 5.69 Å². The third kappa shape index (κ3) is 2.20. The predicted molar refractivity (Wildman–Crippen MR) is 63.0 cm³/mol. The van der Waals surface area contributed by atoms with Gasteiger partial charge in [0.05, 0.1) is 5.56 Å². The van der Waals surface area contributed by atoms with Crippen molar-refractivity contribution >= 4 is 11.9 Å². The summed E-state index contributed by atoms with van der Waals surface area (Å²) in [4.78, 5) is 0. The van der Waals surface area contributed by atoms with Crippen LogP contribution in [0.2, 0.25) is 0 Å². The van der Waals surface area contributed by atoms with Crippen molar-refractivity contribution in [3.63, 3.8) is 0 Å². The van der Waals surface area contributed by atoms with E-state index >= 15 is 0 Å². The molecule has 0 saturated carbocycles. The second kappa shape index (κ2) is 4.49. The fourth-order valence-corrected chi connectivity index (χ4v) is 1.37. The number of aromatic hydroxyl groups is 1. The Kier molecular flexibility index (Phi) is 2.87. The quantitative estimate of drug-likeness (QED) is 0.361. The van der Waals surface area contributed by atoms with Crippen LogP contribution in [0, 0.1) is 5.21 Å². The van der Waals surface area contributed by atoms with E-state index in [2.05, 4.69) is 0 Å². The number of phenols is 1. The minimum Gasteiger partial charge on any atom is -0.618 e. The van der Waals surface area contributed by atoms with Gasteiger partial charge in [-0.05, 0) is 12.1 Å². The molecule has 0 radical (unpaired) electrons. The molecule has 2 rings (SSSR count). The van der Waals surface area contributed by atoms with Gasteiger partial charge in [0.25, 0.3) is 0 Å². The first kappa shape index (κ1) is 10.2. The van der Waals surface area contributed by atoms with E-state index in [1.165, 1.54) is 6.21 Å². The van der Waals surface area contributed by atoms with E-state index in [1.54, 1.807) is 48.5 Å². The van der Waals surface area contributed by atoms with E-state index < -0.39 is 0 Å². The first-order chi connectivity index (χ1) is 7.77. The molecular weight excluding hydrogens is 202 g/mol. The van der Waals surface area contributed by atoms with E-state index in [1.807, 2.05) is 6.07 Å². The molecule has 3 nitrogen and oxygen atoms in total. The summed E-state index contributed by atoms with van der Waals surface area (Å²) in [5.74, 6) is 0.0966. The summed E-state index contributed by atoms with van der Waals surface area (Å²) in [6.45, 7) is 0. The highest BCUT2D eigenvalue weighted by Gasteiger charge is 2.03. The fraction of sp³-hybridized carbons (Fsp3) is 0. The molecule has 0 atom stereocenters. The van der Waals surface area contributed by atoms with Crippen molar-refractivity contribution in [3.8, 4) is 5.75 Å². The third-order valence-corrected chi connectivity index (χ3v) is 2.20. The molecule has 0 fully saturated rings. The number of hydrogen-bond acceptors (Lipinski definition) is 2. The van der Waals surface area contributed by atoms with E-state index in [9.17, 15) is 10.3 Å². The van der Waals surface area contributed by atoms with Gasteiger partial charge in [0.15, 0.2) is 6.21 Å². The Balaban J connectivity index is 2.36. The molecule has 0 amide bonds. The number of para-hydroxylation sites is 2.